The summed E-state index contributed by atoms with van der Waals surface area (Å²) in [7, 11) is 1.83. The monoisotopic (exact) mass is 382 g/mol. The first-order valence-electron chi connectivity index (χ1n) is 7.84. The van der Waals surface area contributed by atoms with E-state index in [1.807, 2.05) is 19.2 Å². The van der Waals surface area contributed by atoms with Gasteiger partial charge in [-0.25, -0.2) is 9.07 Å². The van der Waals surface area contributed by atoms with Gasteiger partial charge in [0.2, 0.25) is 5.16 Å². The van der Waals surface area contributed by atoms with Gasteiger partial charge in [-0.1, -0.05) is 23.4 Å². The second-order valence-corrected chi connectivity index (χ2v) is 6.93. The van der Waals surface area contributed by atoms with Crippen molar-refractivity contribution in [3.05, 3.63) is 46.9 Å². The van der Waals surface area contributed by atoms with E-state index in [0.29, 0.717) is 5.76 Å². The van der Waals surface area contributed by atoms with Crippen molar-refractivity contribution in [2.24, 2.45) is 7.05 Å². The Labute approximate surface area is 153 Å². The van der Waals surface area contributed by atoms with E-state index in [1.54, 1.807) is 28.6 Å². The maximum atomic E-state index is 13.2. The van der Waals surface area contributed by atoms with E-state index >= 15 is 0 Å². The number of benzene rings is 1. The van der Waals surface area contributed by atoms with Gasteiger partial charge in [0, 0.05) is 24.8 Å². The van der Waals surface area contributed by atoms with E-state index in [-0.39, 0.29) is 5.02 Å². The highest BCUT2D eigenvalue weighted by Gasteiger charge is 2.09. The number of halogens is 2. The topological polar surface area (TPSA) is 73.3 Å². The second-order valence-electron chi connectivity index (χ2n) is 5.46. The number of nitrogens with two attached hydrogens (primary N) is 1. The van der Waals surface area contributed by atoms with Crippen molar-refractivity contribution in [2.75, 3.05) is 12.3 Å². The first-order chi connectivity index (χ1) is 12.1. The van der Waals surface area contributed by atoms with E-state index in [2.05, 4.69) is 20.8 Å². The SMILES string of the molecule is Cn1nnnc1SCCC[NH2+]Cc1ccc(-c2ccc(F)c(Cl)c2)o1. The van der Waals surface area contributed by atoms with Crippen molar-refractivity contribution in [3.63, 3.8) is 0 Å². The van der Waals surface area contributed by atoms with Crippen LogP contribution in [0.15, 0.2) is 39.9 Å². The first-order valence-corrected chi connectivity index (χ1v) is 9.21. The van der Waals surface area contributed by atoms with Crippen LogP contribution in [0.5, 0.6) is 0 Å². The minimum absolute atomic E-state index is 0.0950. The molecule has 0 saturated heterocycles. The number of hydrogen-bond donors (Lipinski definition) is 1. The lowest BCUT2D eigenvalue weighted by Gasteiger charge is -2.01. The highest BCUT2D eigenvalue weighted by molar-refractivity contribution is 7.99. The molecule has 2 N–H and O–H groups in total. The number of rotatable bonds is 8. The van der Waals surface area contributed by atoms with Crippen LogP contribution in [-0.4, -0.2) is 32.5 Å². The van der Waals surface area contributed by atoms with Gasteiger partial charge in [0.25, 0.3) is 0 Å². The standard InChI is InChI=1S/C16H17ClFN5OS/c1-23-16(20-21-22-23)25-8-2-7-19-10-12-4-6-15(24-12)11-3-5-14(18)13(17)9-11/h3-6,9,19H,2,7-8,10H2,1H3/p+1. The number of tetrazole rings is 1. The van der Waals surface area contributed by atoms with Crippen molar-refractivity contribution >= 4 is 23.4 Å². The van der Waals surface area contributed by atoms with Crippen molar-refractivity contribution in [1.82, 2.24) is 20.2 Å². The molecule has 0 unspecified atom stereocenters. The minimum atomic E-state index is -0.430. The molecule has 6 nitrogen and oxygen atoms in total. The van der Waals surface area contributed by atoms with Crippen molar-refractivity contribution in [2.45, 2.75) is 18.1 Å². The van der Waals surface area contributed by atoms with Crippen LogP contribution in [0.1, 0.15) is 12.2 Å². The number of quaternary nitrogens is 1. The summed E-state index contributed by atoms with van der Waals surface area (Å²) in [6.45, 7) is 1.74. The third-order valence-electron chi connectivity index (χ3n) is 3.58. The number of nitrogens with zero attached hydrogens (tertiary/aromatic N) is 4. The number of thioether (sulfide) groups is 1. The molecule has 0 amide bonds. The lowest BCUT2D eigenvalue weighted by molar-refractivity contribution is -0.672. The number of hydrogen-bond acceptors (Lipinski definition) is 5. The fraction of sp³-hybridized carbons (Fsp3) is 0.312. The number of aromatic nitrogens is 4. The Hall–Kier alpha value is -1.90. The molecule has 25 heavy (non-hydrogen) atoms. The quantitative estimate of drug-likeness (QED) is 0.478. The van der Waals surface area contributed by atoms with Gasteiger partial charge in [-0.05, 0) is 40.8 Å². The molecule has 0 spiro atoms. The Balaban J connectivity index is 1.41. The van der Waals surface area contributed by atoms with Gasteiger partial charge >= 0.3 is 0 Å². The summed E-state index contributed by atoms with van der Waals surface area (Å²) in [5.41, 5.74) is 0.770. The van der Waals surface area contributed by atoms with Crippen LogP contribution in [0, 0.1) is 5.82 Å². The second kappa shape index (κ2) is 8.46. The van der Waals surface area contributed by atoms with Crippen molar-refractivity contribution in [1.29, 1.82) is 0 Å². The highest BCUT2D eigenvalue weighted by atomic mass is 35.5. The summed E-state index contributed by atoms with van der Waals surface area (Å²) in [5.74, 6) is 2.10. The van der Waals surface area contributed by atoms with E-state index < -0.39 is 5.82 Å². The molecular formula is C16H18ClFN5OS+. The third kappa shape index (κ3) is 4.81. The van der Waals surface area contributed by atoms with Gasteiger partial charge in [0.1, 0.15) is 18.1 Å². The predicted octanol–water partition coefficient (Wildman–Crippen LogP) is 2.51. The summed E-state index contributed by atoms with van der Waals surface area (Å²) < 4.78 is 20.7. The Kier molecular flexibility index (Phi) is 6.06. The molecule has 0 aliphatic carbocycles. The molecule has 3 aromatic rings. The van der Waals surface area contributed by atoms with E-state index in [1.165, 1.54) is 6.07 Å². The molecule has 0 atom stereocenters. The lowest BCUT2D eigenvalue weighted by atomic mass is 10.2. The molecule has 9 heteroatoms. The molecule has 0 aliphatic heterocycles. The Bertz CT molecular complexity index is 838. The molecule has 0 saturated carbocycles. The van der Waals surface area contributed by atoms with Crippen LogP contribution in [0.4, 0.5) is 4.39 Å². The zero-order chi connectivity index (χ0) is 17.6. The summed E-state index contributed by atoms with van der Waals surface area (Å²) in [4.78, 5) is 0. The molecule has 0 aliphatic rings. The molecule has 0 radical (unpaired) electrons. The third-order valence-corrected chi connectivity index (χ3v) is 4.96. The van der Waals surface area contributed by atoms with Gasteiger partial charge < -0.3 is 9.73 Å². The lowest BCUT2D eigenvalue weighted by Crippen LogP contribution is -2.82. The zero-order valence-corrected chi connectivity index (χ0v) is 15.2. The molecule has 0 bridgehead atoms. The summed E-state index contributed by atoms with van der Waals surface area (Å²) >= 11 is 7.45. The van der Waals surface area contributed by atoms with Crippen molar-refractivity contribution < 1.29 is 14.1 Å². The molecule has 2 heterocycles. The summed E-state index contributed by atoms with van der Waals surface area (Å²) in [6, 6.07) is 8.39. The number of aryl methyl sites for hydroxylation is 1. The van der Waals surface area contributed by atoms with Gasteiger partial charge in [0.15, 0.2) is 5.76 Å². The van der Waals surface area contributed by atoms with Gasteiger partial charge in [-0.3, -0.25) is 0 Å². The van der Waals surface area contributed by atoms with Crippen LogP contribution in [0.25, 0.3) is 11.3 Å². The Morgan fingerprint density at radius 3 is 2.96 bits per heavy atom. The fourth-order valence-corrected chi connectivity index (χ4v) is 3.26. The van der Waals surface area contributed by atoms with Crippen LogP contribution in [-0.2, 0) is 13.6 Å². The largest absolute Gasteiger partial charge is 0.455 e. The summed E-state index contributed by atoms with van der Waals surface area (Å²) in [5, 5.41) is 14.4. The van der Waals surface area contributed by atoms with E-state index in [0.717, 1.165) is 41.7 Å². The predicted molar refractivity (Wildman–Crippen MR) is 93.7 cm³/mol. The molecule has 2 aromatic heterocycles. The first kappa shape index (κ1) is 17.9. The molecular weight excluding hydrogens is 365 g/mol. The number of furan rings is 1. The maximum Gasteiger partial charge on any atom is 0.209 e. The fourth-order valence-electron chi connectivity index (χ4n) is 2.27. The Morgan fingerprint density at radius 2 is 2.20 bits per heavy atom. The normalized spacial score (nSPS) is 11.2. The molecule has 3 rings (SSSR count). The zero-order valence-electron chi connectivity index (χ0n) is 13.7. The average molecular weight is 383 g/mol. The van der Waals surface area contributed by atoms with Crippen molar-refractivity contribution in [3.8, 4) is 11.3 Å². The summed E-state index contributed by atoms with van der Waals surface area (Å²) in [6.07, 6.45) is 1.04. The van der Waals surface area contributed by atoms with E-state index in [4.69, 9.17) is 16.0 Å². The molecule has 1 aromatic carbocycles. The molecule has 0 fully saturated rings. The maximum absolute atomic E-state index is 13.2. The van der Waals surface area contributed by atoms with Crippen LogP contribution in [0.3, 0.4) is 0 Å². The Morgan fingerprint density at radius 1 is 1.32 bits per heavy atom. The van der Waals surface area contributed by atoms with Gasteiger partial charge in [0.05, 0.1) is 11.6 Å². The minimum Gasteiger partial charge on any atom is -0.455 e. The van der Waals surface area contributed by atoms with Crippen LogP contribution >= 0.6 is 23.4 Å². The van der Waals surface area contributed by atoms with Gasteiger partial charge in [-0.2, -0.15) is 0 Å². The average Bonchev–Trinajstić information content (AvgIpc) is 3.23. The van der Waals surface area contributed by atoms with Gasteiger partial charge in [-0.15, -0.1) is 5.10 Å². The smallest absolute Gasteiger partial charge is 0.209 e. The van der Waals surface area contributed by atoms with E-state index in [9.17, 15) is 4.39 Å². The van der Waals surface area contributed by atoms with Crippen LogP contribution < -0.4 is 5.32 Å². The molecule has 132 valence electrons. The van der Waals surface area contributed by atoms with Crippen LogP contribution in [0.2, 0.25) is 5.02 Å². The highest BCUT2D eigenvalue weighted by Crippen LogP contribution is 2.26.